The maximum atomic E-state index is 12.9. The second-order valence-corrected chi connectivity index (χ2v) is 7.85. The highest BCUT2D eigenvalue weighted by atomic mass is 32.2. The molecule has 0 aliphatic carbocycles. The van der Waals surface area contributed by atoms with Crippen molar-refractivity contribution in [3.63, 3.8) is 0 Å². The van der Waals surface area contributed by atoms with E-state index in [0.29, 0.717) is 39.0 Å². The third kappa shape index (κ3) is 3.75. The third-order valence-electron chi connectivity index (χ3n) is 4.23. The molecule has 2 N–H and O–H groups in total. The number of methoxy groups -OCH3 is 1. The summed E-state index contributed by atoms with van der Waals surface area (Å²) in [6.45, 7) is 5.37. The van der Waals surface area contributed by atoms with Crippen LogP contribution in [0, 0.1) is 0 Å². The second kappa shape index (κ2) is 6.89. The third-order valence-corrected chi connectivity index (χ3v) is 6.25. The predicted octanol–water partition coefficient (Wildman–Crippen LogP) is -0.221. The van der Waals surface area contributed by atoms with Crippen molar-refractivity contribution in [2.75, 3.05) is 33.3 Å². The van der Waals surface area contributed by atoms with Crippen LogP contribution in [0.1, 0.15) is 26.7 Å². The monoisotopic (exact) mass is 321 g/mol. The van der Waals surface area contributed by atoms with Gasteiger partial charge in [-0.2, -0.15) is 17.0 Å². The van der Waals surface area contributed by atoms with Gasteiger partial charge < -0.3 is 15.2 Å². The number of nitrogens with zero attached hydrogens (tertiary/aromatic N) is 2. The van der Waals surface area contributed by atoms with Gasteiger partial charge in [0.05, 0.1) is 18.3 Å². The Kier molecular flexibility index (Phi) is 5.61. The summed E-state index contributed by atoms with van der Waals surface area (Å²) in [7, 11) is -1.83. The lowest BCUT2D eigenvalue weighted by Gasteiger charge is -2.42. The van der Waals surface area contributed by atoms with Gasteiger partial charge in [0.25, 0.3) is 10.2 Å². The Morgan fingerprint density at radius 3 is 2.43 bits per heavy atom. The Bertz CT molecular complexity index is 435. The van der Waals surface area contributed by atoms with Crippen LogP contribution in [-0.4, -0.2) is 74.7 Å². The molecule has 0 aromatic rings. The van der Waals surface area contributed by atoms with E-state index in [2.05, 4.69) is 0 Å². The van der Waals surface area contributed by atoms with E-state index in [1.807, 2.05) is 13.8 Å². The average molecular weight is 321 g/mol. The van der Waals surface area contributed by atoms with Crippen molar-refractivity contribution in [3.05, 3.63) is 0 Å². The standard InChI is InChI=1S/C13H27N3O4S/c1-10-8-15(9-11(2)20-10)21(17,18)16-5-4-13(19-3)6-12(16)7-14/h10-13H,4-9,14H2,1-3H3. The van der Waals surface area contributed by atoms with Crippen LogP contribution in [0.25, 0.3) is 0 Å². The number of rotatable bonds is 4. The fourth-order valence-corrected chi connectivity index (χ4v) is 5.17. The first-order valence-electron chi connectivity index (χ1n) is 7.53. The minimum atomic E-state index is -3.49. The van der Waals surface area contributed by atoms with Crippen LogP contribution in [0.5, 0.6) is 0 Å². The minimum Gasteiger partial charge on any atom is -0.381 e. The van der Waals surface area contributed by atoms with E-state index in [1.54, 1.807) is 11.4 Å². The first kappa shape index (κ1) is 17.1. The molecular weight excluding hydrogens is 294 g/mol. The summed E-state index contributed by atoms with van der Waals surface area (Å²) in [5.74, 6) is 0. The normalized spacial score (nSPS) is 36.8. The van der Waals surface area contributed by atoms with Crippen molar-refractivity contribution in [2.24, 2.45) is 5.73 Å². The van der Waals surface area contributed by atoms with Gasteiger partial charge in [-0.25, -0.2) is 0 Å². The van der Waals surface area contributed by atoms with Gasteiger partial charge in [0.15, 0.2) is 0 Å². The zero-order valence-corrected chi connectivity index (χ0v) is 13.9. The summed E-state index contributed by atoms with van der Waals surface area (Å²) in [5, 5.41) is 0. The van der Waals surface area contributed by atoms with Gasteiger partial charge in [0.2, 0.25) is 0 Å². The highest BCUT2D eigenvalue weighted by Crippen LogP contribution is 2.26. The lowest BCUT2D eigenvalue weighted by molar-refractivity contribution is -0.0467. The smallest absolute Gasteiger partial charge is 0.282 e. The molecule has 7 nitrogen and oxygen atoms in total. The maximum absolute atomic E-state index is 12.9. The largest absolute Gasteiger partial charge is 0.381 e. The zero-order valence-electron chi connectivity index (χ0n) is 13.1. The molecule has 0 radical (unpaired) electrons. The van der Waals surface area contributed by atoms with Gasteiger partial charge in [0.1, 0.15) is 0 Å². The van der Waals surface area contributed by atoms with Crippen molar-refractivity contribution in [3.8, 4) is 0 Å². The van der Waals surface area contributed by atoms with Gasteiger partial charge in [-0.05, 0) is 26.7 Å². The second-order valence-electron chi connectivity index (χ2n) is 5.96. The zero-order chi connectivity index (χ0) is 15.6. The number of morpholine rings is 1. The van der Waals surface area contributed by atoms with Crippen molar-refractivity contribution in [1.82, 2.24) is 8.61 Å². The summed E-state index contributed by atoms with van der Waals surface area (Å²) in [6, 6.07) is -0.192. The molecule has 0 bridgehead atoms. The van der Waals surface area contributed by atoms with Crippen LogP contribution in [0.15, 0.2) is 0 Å². The van der Waals surface area contributed by atoms with Gasteiger partial charge in [-0.15, -0.1) is 0 Å². The molecule has 4 unspecified atom stereocenters. The molecule has 2 aliphatic heterocycles. The molecule has 2 rings (SSSR count). The molecule has 21 heavy (non-hydrogen) atoms. The van der Waals surface area contributed by atoms with E-state index in [-0.39, 0.29) is 24.4 Å². The van der Waals surface area contributed by atoms with E-state index >= 15 is 0 Å². The molecule has 8 heteroatoms. The first-order valence-corrected chi connectivity index (χ1v) is 8.93. The van der Waals surface area contributed by atoms with Gasteiger partial charge in [-0.1, -0.05) is 0 Å². The molecule has 0 saturated carbocycles. The van der Waals surface area contributed by atoms with Crippen LogP contribution in [0.3, 0.4) is 0 Å². The molecule has 2 aliphatic rings. The predicted molar refractivity (Wildman–Crippen MR) is 80.1 cm³/mol. The summed E-state index contributed by atoms with van der Waals surface area (Å²) < 4.78 is 39.8. The molecule has 0 aromatic carbocycles. The van der Waals surface area contributed by atoms with Gasteiger partial charge >= 0.3 is 0 Å². The van der Waals surface area contributed by atoms with E-state index in [4.69, 9.17) is 15.2 Å². The van der Waals surface area contributed by atoms with Crippen molar-refractivity contribution in [2.45, 2.75) is 51.0 Å². The summed E-state index contributed by atoms with van der Waals surface area (Å²) in [6.07, 6.45) is 1.28. The number of ether oxygens (including phenoxy) is 2. The fraction of sp³-hybridized carbons (Fsp3) is 1.00. The summed E-state index contributed by atoms with van der Waals surface area (Å²) in [4.78, 5) is 0. The molecule has 2 heterocycles. The Labute approximate surface area is 127 Å². The van der Waals surface area contributed by atoms with E-state index in [9.17, 15) is 8.42 Å². The van der Waals surface area contributed by atoms with E-state index in [1.165, 1.54) is 4.31 Å². The Hall–Kier alpha value is -0.250. The fourth-order valence-electron chi connectivity index (χ4n) is 3.19. The Morgan fingerprint density at radius 1 is 1.29 bits per heavy atom. The maximum Gasteiger partial charge on any atom is 0.282 e. The number of hydrogen-bond donors (Lipinski definition) is 1. The summed E-state index contributed by atoms with van der Waals surface area (Å²) in [5.41, 5.74) is 5.79. The first-order chi connectivity index (χ1) is 9.88. The number of hydrogen-bond acceptors (Lipinski definition) is 5. The molecule has 0 aromatic heterocycles. The lowest BCUT2D eigenvalue weighted by atomic mass is 10.0. The topological polar surface area (TPSA) is 85.1 Å². The van der Waals surface area contributed by atoms with Gasteiger partial charge in [0, 0.05) is 39.3 Å². The Morgan fingerprint density at radius 2 is 1.90 bits per heavy atom. The highest BCUT2D eigenvalue weighted by Gasteiger charge is 2.41. The minimum absolute atomic E-state index is 0.0867. The van der Waals surface area contributed by atoms with Crippen LogP contribution in [0.2, 0.25) is 0 Å². The molecule has 4 atom stereocenters. The van der Waals surface area contributed by atoms with Crippen molar-refractivity contribution >= 4 is 10.2 Å². The van der Waals surface area contributed by atoms with Gasteiger partial charge in [-0.3, -0.25) is 0 Å². The molecule has 2 saturated heterocycles. The van der Waals surface area contributed by atoms with Crippen LogP contribution < -0.4 is 5.73 Å². The van der Waals surface area contributed by atoms with Crippen LogP contribution in [-0.2, 0) is 19.7 Å². The van der Waals surface area contributed by atoms with Crippen molar-refractivity contribution in [1.29, 1.82) is 0 Å². The summed E-state index contributed by atoms with van der Waals surface area (Å²) >= 11 is 0. The molecule has 124 valence electrons. The number of nitrogens with two attached hydrogens (primary N) is 1. The van der Waals surface area contributed by atoms with Crippen LogP contribution in [0.4, 0.5) is 0 Å². The van der Waals surface area contributed by atoms with E-state index in [0.717, 1.165) is 0 Å². The van der Waals surface area contributed by atoms with Crippen LogP contribution >= 0.6 is 0 Å². The van der Waals surface area contributed by atoms with Crippen molar-refractivity contribution < 1.29 is 17.9 Å². The SMILES string of the molecule is COC1CCN(S(=O)(=O)N2CC(C)OC(C)C2)C(CN)C1. The molecule has 2 fully saturated rings. The Balaban J connectivity index is 2.14. The number of piperidine rings is 1. The molecular formula is C13H27N3O4S. The average Bonchev–Trinajstić information content (AvgIpc) is 2.45. The molecule has 0 spiro atoms. The van der Waals surface area contributed by atoms with E-state index < -0.39 is 10.2 Å². The highest BCUT2D eigenvalue weighted by molar-refractivity contribution is 7.86. The molecule has 0 amide bonds. The quantitative estimate of drug-likeness (QED) is 0.774. The lowest BCUT2D eigenvalue weighted by Crippen LogP contribution is -2.58.